The zero-order valence-corrected chi connectivity index (χ0v) is 12.0. The third kappa shape index (κ3) is 2.88. The van der Waals surface area contributed by atoms with E-state index >= 15 is 0 Å². The van der Waals surface area contributed by atoms with Crippen LogP contribution in [0.15, 0.2) is 34.9 Å². The molecule has 1 heterocycles. The van der Waals surface area contributed by atoms with Gasteiger partial charge in [0.1, 0.15) is 5.69 Å². The van der Waals surface area contributed by atoms with Crippen LogP contribution in [0.2, 0.25) is 0 Å². The molecule has 0 unspecified atom stereocenters. The van der Waals surface area contributed by atoms with E-state index in [1.807, 2.05) is 35.1 Å². The van der Waals surface area contributed by atoms with E-state index in [1.165, 1.54) is 0 Å². The van der Waals surface area contributed by atoms with Crippen molar-refractivity contribution in [1.29, 1.82) is 0 Å². The highest BCUT2D eigenvalue weighted by Crippen LogP contribution is 2.24. The van der Waals surface area contributed by atoms with Crippen LogP contribution in [0.4, 0.5) is 0 Å². The molecule has 1 aromatic heterocycles. The Morgan fingerprint density at radius 1 is 1.44 bits per heavy atom. The fourth-order valence-corrected chi connectivity index (χ4v) is 2.25. The first-order valence-corrected chi connectivity index (χ1v) is 6.68. The molecule has 3 nitrogen and oxygen atoms in total. The van der Waals surface area contributed by atoms with Crippen molar-refractivity contribution in [3.8, 4) is 11.3 Å². The zero-order chi connectivity index (χ0) is 13.1. The quantitative estimate of drug-likeness (QED) is 0.806. The van der Waals surface area contributed by atoms with E-state index in [0.717, 1.165) is 28.6 Å². The second-order valence-corrected chi connectivity index (χ2v) is 5.59. The summed E-state index contributed by atoms with van der Waals surface area (Å²) >= 11 is 3.43. The largest absolute Gasteiger partial charge is 0.298 e. The van der Waals surface area contributed by atoms with Crippen molar-refractivity contribution in [3.63, 3.8) is 0 Å². The van der Waals surface area contributed by atoms with Gasteiger partial charge in [-0.3, -0.25) is 9.48 Å². The molecule has 0 saturated carbocycles. The second kappa shape index (κ2) is 5.48. The van der Waals surface area contributed by atoms with E-state index in [4.69, 9.17) is 0 Å². The van der Waals surface area contributed by atoms with Crippen molar-refractivity contribution in [2.24, 2.45) is 5.92 Å². The Morgan fingerprint density at radius 3 is 2.83 bits per heavy atom. The minimum absolute atomic E-state index is 0.500. The maximum Gasteiger partial charge on any atom is 0.153 e. The van der Waals surface area contributed by atoms with Crippen molar-refractivity contribution < 1.29 is 4.79 Å². The van der Waals surface area contributed by atoms with Crippen LogP contribution in [0.25, 0.3) is 11.3 Å². The summed E-state index contributed by atoms with van der Waals surface area (Å²) in [6, 6.07) is 7.82. The summed E-state index contributed by atoms with van der Waals surface area (Å²) in [7, 11) is 0. The average molecular weight is 307 g/mol. The smallest absolute Gasteiger partial charge is 0.153 e. The monoisotopic (exact) mass is 306 g/mol. The van der Waals surface area contributed by atoms with E-state index in [1.54, 1.807) is 0 Å². The summed E-state index contributed by atoms with van der Waals surface area (Å²) < 4.78 is 2.82. The predicted molar refractivity (Wildman–Crippen MR) is 75.6 cm³/mol. The average Bonchev–Trinajstić information content (AvgIpc) is 2.71. The molecule has 0 N–H and O–H groups in total. The first-order chi connectivity index (χ1) is 8.60. The number of carbonyl (C=O) groups excluding carboxylic acids is 1. The van der Waals surface area contributed by atoms with Crippen LogP contribution in [0.3, 0.4) is 0 Å². The normalized spacial score (nSPS) is 10.9. The molecule has 0 saturated heterocycles. The molecular formula is C14H15BrN2O. The van der Waals surface area contributed by atoms with Gasteiger partial charge < -0.3 is 0 Å². The van der Waals surface area contributed by atoms with E-state index in [2.05, 4.69) is 34.9 Å². The standard InChI is InChI=1S/C14H15BrN2O/c1-10(2)7-17-8-12(9-18)14(16-17)11-4-3-5-13(15)6-11/h3-6,8-10H,7H2,1-2H3. The van der Waals surface area contributed by atoms with Crippen molar-refractivity contribution in [2.75, 3.05) is 0 Å². The van der Waals surface area contributed by atoms with E-state index < -0.39 is 0 Å². The summed E-state index contributed by atoms with van der Waals surface area (Å²) in [5.41, 5.74) is 2.33. The van der Waals surface area contributed by atoms with Crippen LogP contribution < -0.4 is 0 Å². The van der Waals surface area contributed by atoms with Gasteiger partial charge in [0, 0.05) is 22.8 Å². The molecule has 2 aromatic rings. The number of aromatic nitrogens is 2. The molecule has 1 aromatic carbocycles. The molecule has 0 atom stereocenters. The van der Waals surface area contributed by atoms with Crippen molar-refractivity contribution in [1.82, 2.24) is 9.78 Å². The number of rotatable bonds is 4. The highest BCUT2D eigenvalue weighted by Gasteiger charge is 2.11. The number of hydrogen-bond donors (Lipinski definition) is 0. The molecule has 0 fully saturated rings. The van der Waals surface area contributed by atoms with Crippen LogP contribution in [0, 0.1) is 5.92 Å². The van der Waals surface area contributed by atoms with Crippen molar-refractivity contribution >= 4 is 22.2 Å². The Balaban J connectivity index is 2.43. The van der Waals surface area contributed by atoms with Gasteiger partial charge in [-0.25, -0.2) is 0 Å². The maximum atomic E-state index is 11.1. The second-order valence-electron chi connectivity index (χ2n) is 4.68. The zero-order valence-electron chi connectivity index (χ0n) is 10.4. The molecular weight excluding hydrogens is 292 g/mol. The molecule has 0 radical (unpaired) electrons. The molecule has 18 heavy (non-hydrogen) atoms. The van der Waals surface area contributed by atoms with Crippen molar-refractivity contribution in [3.05, 3.63) is 40.5 Å². The van der Waals surface area contributed by atoms with Gasteiger partial charge in [-0.05, 0) is 18.1 Å². The van der Waals surface area contributed by atoms with Gasteiger partial charge >= 0.3 is 0 Å². The van der Waals surface area contributed by atoms with Gasteiger partial charge in [-0.1, -0.05) is 41.9 Å². The highest BCUT2D eigenvalue weighted by molar-refractivity contribution is 9.10. The van der Waals surface area contributed by atoms with Gasteiger partial charge in [-0.2, -0.15) is 5.10 Å². The van der Waals surface area contributed by atoms with Crippen LogP contribution in [-0.2, 0) is 6.54 Å². The lowest BCUT2D eigenvalue weighted by Crippen LogP contribution is -2.04. The Hall–Kier alpha value is -1.42. The molecule has 0 spiro atoms. The van der Waals surface area contributed by atoms with Gasteiger partial charge in [0.25, 0.3) is 0 Å². The van der Waals surface area contributed by atoms with Gasteiger partial charge in [0.2, 0.25) is 0 Å². The number of nitrogens with zero attached hydrogens (tertiary/aromatic N) is 2. The lowest BCUT2D eigenvalue weighted by atomic mass is 10.1. The lowest BCUT2D eigenvalue weighted by Gasteiger charge is -2.03. The first-order valence-electron chi connectivity index (χ1n) is 5.88. The van der Waals surface area contributed by atoms with Crippen LogP contribution in [-0.4, -0.2) is 16.1 Å². The molecule has 0 aliphatic heterocycles. The first kappa shape index (κ1) is 13.0. The SMILES string of the molecule is CC(C)Cn1cc(C=O)c(-c2cccc(Br)c2)n1. The lowest BCUT2D eigenvalue weighted by molar-refractivity contribution is 0.112. The summed E-state index contributed by atoms with van der Waals surface area (Å²) in [6.07, 6.45) is 2.67. The van der Waals surface area contributed by atoms with Crippen molar-refractivity contribution in [2.45, 2.75) is 20.4 Å². The number of benzene rings is 1. The Labute approximate surface area is 115 Å². The summed E-state index contributed by atoms with van der Waals surface area (Å²) in [4.78, 5) is 11.1. The summed E-state index contributed by atoms with van der Waals surface area (Å²) in [5, 5.41) is 4.50. The fraction of sp³-hybridized carbons (Fsp3) is 0.286. The molecule has 2 rings (SSSR count). The number of halogens is 1. The van der Waals surface area contributed by atoms with Crippen LogP contribution >= 0.6 is 15.9 Å². The minimum atomic E-state index is 0.500. The number of aldehydes is 1. The van der Waals surface area contributed by atoms with Crippen LogP contribution in [0.1, 0.15) is 24.2 Å². The highest BCUT2D eigenvalue weighted by atomic mass is 79.9. The summed E-state index contributed by atoms with van der Waals surface area (Å²) in [5.74, 6) is 0.500. The van der Waals surface area contributed by atoms with E-state index in [-0.39, 0.29) is 0 Å². The number of hydrogen-bond acceptors (Lipinski definition) is 2. The molecule has 4 heteroatoms. The van der Waals surface area contributed by atoms with E-state index in [9.17, 15) is 4.79 Å². The molecule has 0 aliphatic carbocycles. The predicted octanol–water partition coefficient (Wildman–Crippen LogP) is 3.78. The summed E-state index contributed by atoms with van der Waals surface area (Å²) in [6.45, 7) is 5.07. The number of carbonyl (C=O) groups is 1. The fourth-order valence-electron chi connectivity index (χ4n) is 1.85. The third-order valence-electron chi connectivity index (χ3n) is 2.57. The minimum Gasteiger partial charge on any atom is -0.298 e. The Morgan fingerprint density at radius 2 is 2.22 bits per heavy atom. The van der Waals surface area contributed by atoms with Gasteiger partial charge in [-0.15, -0.1) is 0 Å². The maximum absolute atomic E-state index is 11.1. The Bertz CT molecular complexity index is 561. The van der Waals surface area contributed by atoms with Crippen LogP contribution in [0.5, 0.6) is 0 Å². The van der Waals surface area contributed by atoms with E-state index in [0.29, 0.717) is 11.5 Å². The molecule has 94 valence electrons. The molecule has 0 bridgehead atoms. The Kier molecular flexibility index (Phi) is 3.97. The molecule has 0 aliphatic rings. The van der Waals surface area contributed by atoms with Gasteiger partial charge in [0.05, 0.1) is 5.56 Å². The third-order valence-corrected chi connectivity index (χ3v) is 3.06. The van der Waals surface area contributed by atoms with Gasteiger partial charge in [0.15, 0.2) is 6.29 Å². The topological polar surface area (TPSA) is 34.9 Å². The molecule has 0 amide bonds.